The Morgan fingerprint density at radius 1 is 1.47 bits per heavy atom. The van der Waals surface area contributed by atoms with E-state index in [1.807, 2.05) is 0 Å². The van der Waals surface area contributed by atoms with Crippen molar-refractivity contribution in [1.29, 1.82) is 0 Å². The smallest absolute Gasteiger partial charge is 0.237 e. The van der Waals surface area contributed by atoms with E-state index in [0.717, 1.165) is 5.56 Å². The largest absolute Gasteiger partial charge is 0.508 e. The summed E-state index contributed by atoms with van der Waals surface area (Å²) in [4.78, 5) is 21.9. The lowest BCUT2D eigenvalue weighted by atomic mass is 10.1. The maximum atomic E-state index is 11.5. The Balaban J connectivity index is 2.53. The lowest BCUT2D eigenvalue weighted by molar-refractivity contribution is -0.124. The third kappa shape index (κ3) is 4.24. The fourth-order valence-corrected chi connectivity index (χ4v) is 1.34. The van der Waals surface area contributed by atoms with Crippen molar-refractivity contribution in [1.82, 2.24) is 5.32 Å². The quantitative estimate of drug-likeness (QED) is 0.626. The Morgan fingerprint density at radius 2 is 2.06 bits per heavy atom. The summed E-state index contributed by atoms with van der Waals surface area (Å²) in [6.45, 7) is 1.58. The molecule has 0 radical (unpaired) electrons. The highest BCUT2D eigenvalue weighted by atomic mass is 16.3. The summed E-state index contributed by atoms with van der Waals surface area (Å²) in [5.74, 6) is -0.195. The minimum absolute atomic E-state index is 0.168. The van der Waals surface area contributed by atoms with Crippen LogP contribution in [0.25, 0.3) is 0 Å². The minimum atomic E-state index is -0.707. The summed E-state index contributed by atoms with van der Waals surface area (Å²) >= 11 is 0. The molecule has 1 aromatic carbocycles. The highest BCUT2D eigenvalue weighted by molar-refractivity contribution is 5.84. The molecule has 0 spiro atoms. The molecule has 1 rings (SSSR count). The number of aldehydes is 1. The number of hydrogen-bond acceptors (Lipinski definition) is 4. The zero-order valence-corrected chi connectivity index (χ0v) is 9.59. The normalized spacial score (nSPS) is 13.8. The van der Waals surface area contributed by atoms with E-state index in [2.05, 4.69) is 5.32 Å². The van der Waals surface area contributed by atoms with Gasteiger partial charge in [-0.1, -0.05) is 12.1 Å². The first-order valence-electron chi connectivity index (χ1n) is 5.32. The van der Waals surface area contributed by atoms with E-state index >= 15 is 0 Å². The molecule has 0 heterocycles. The van der Waals surface area contributed by atoms with Crippen molar-refractivity contribution in [3.05, 3.63) is 29.8 Å². The fourth-order valence-electron chi connectivity index (χ4n) is 1.34. The molecule has 2 atom stereocenters. The Morgan fingerprint density at radius 3 is 2.59 bits per heavy atom. The number of benzene rings is 1. The van der Waals surface area contributed by atoms with Gasteiger partial charge in [0.05, 0.1) is 12.1 Å². The number of amides is 1. The number of rotatable bonds is 5. The first kappa shape index (κ1) is 13.2. The van der Waals surface area contributed by atoms with E-state index in [-0.39, 0.29) is 11.7 Å². The van der Waals surface area contributed by atoms with Crippen LogP contribution >= 0.6 is 0 Å². The van der Waals surface area contributed by atoms with Gasteiger partial charge in [0.1, 0.15) is 12.0 Å². The molecule has 92 valence electrons. The molecular formula is C12H16N2O3. The van der Waals surface area contributed by atoms with Crippen molar-refractivity contribution < 1.29 is 14.7 Å². The first-order chi connectivity index (χ1) is 8.02. The molecule has 1 aromatic rings. The topological polar surface area (TPSA) is 92.4 Å². The first-order valence-corrected chi connectivity index (χ1v) is 5.32. The highest BCUT2D eigenvalue weighted by Crippen LogP contribution is 2.10. The van der Waals surface area contributed by atoms with Gasteiger partial charge < -0.3 is 21.0 Å². The summed E-state index contributed by atoms with van der Waals surface area (Å²) in [5.41, 5.74) is 6.55. The van der Waals surface area contributed by atoms with E-state index in [1.165, 1.54) is 12.1 Å². The third-order valence-corrected chi connectivity index (χ3v) is 2.30. The summed E-state index contributed by atoms with van der Waals surface area (Å²) in [5, 5.41) is 11.6. The standard InChI is InChI=1S/C12H16N2O3/c1-8(7-15)14-12(17)11(13)6-9-2-4-10(16)5-3-9/h2-5,7-8,11,16H,6,13H2,1H3,(H,14,17). The molecule has 4 N–H and O–H groups in total. The van der Waals surface area contributed by atoms with Gasteiger partial charge in [-0.2, -0.15) is 0 Å². The second-order valence-corrected chi connectivity index (χ2v) is 3.91. The lowest BCUT2D eigenvalue weighted by Crippen LogP contribution is -2.46. The van der Waals surface area contributed by atoms with Crippen LogP contribution in [0.1, 0.15) is 12.5 Å². The Labute approximate surface area is 99.6 Å². The van der Waals surface area contributed by atoms with Gasteiger partial charge in [0.25, 0.3) is 0 Å². The number of phenols is 1. The van der Waals surface area contributed by atoms with Crippen LogP contribution in [0.2, 0.25) is 0 Å². The van der Waals surface area contributed by atoms with E-state index in [1.54, 1.807) is 19.1 Å². The van der Waals surface area contributed by atoms with E-state index in [9.17, 15) is 9.59 Å². The van der Waals surface area contributed by atoms with Gasteiger partial charge in [0.15, 0.2) is 0 Å². The molecule has 0 bridgehead atoms. The molecule has 0 fully saturated rings. The number of nitrogens with two attached hydrogens (primary N) is 1. The molecule has 2 unspecified atom stereocenters. The molecule has 0 aliphatic carbocycles. The van der Waals surface area contributed by atoms with Crippen LogP contribution in [0, 0.1) is 0 Å². The van der Waals surface area contributed by atoms with Gasteiger partial charge in [0, 0.05) is 0 Å². The predicted molar refractivity (Wildman–Crippen MR) is 63.5 cm³/mol. The predicted octanol–water partition coefficient (Wildman–Crippen LogP) is -0.0344. The molecule has 17 heavy (non-hydrogen) atoms. The average Bonchev–Trinajstić information content (AvgIpc) is 2.31. The maximum Gasteiger partial charge on any atom is 0.237 e. The van der Waals surface area contributed by atoms with Crippen molar-refractivity contribution in [2.45, 2.75) is 25.4 Å². The van der Waals surface area contributed by atoms with Gasteiger partial charge in [0.2, 0.25) is 5.91 Å². The second kappa shape index (κ2) is 6.00. The van der Waals surface area contributed by atoms with Gasteiger partial charge in [-0.25, -0.2) is 0 Å². The number of hydrogen-bond donors (Lipinski definition) is 3. The van der Waals surface area contributed by atoms with Crippen LogP contribution in [-0.4, -0.2) is 29.4 Å². The SMILES string of the molecule is CC(C=O)NC(=O)C(N)Cc1ccc(O)cc1. The average molecular weight is 236 g/mol. The van der Waals surface area contributed by atoms with Crippen LogP contribution < -0.4 is 11.1 Å². The molecule has 1 amide bonds. The van der Waals surface area contributed by atoms with Gasteiger partial charge in [-0.15, -0.1) is 0 Å². The molecule has 0 aromatic heterocycles. The molecule has 5 nitrogen and oxygen atoms in total. The number of nitrogens with one attached hydrogen (secondary N) is 1. The van der Waals surface area contributed by atoms with Crippen molar-refractivity contribution in [3.8, 4) is 5.75 Å². The number of carbonyl (C=O) groups excluding carboxylic acids is 2. The Kier molecular flexibility index (Phi) is 4.66. The van der Waals surface area contributed by atoms with Crippen LogP contribution in [0.3, 0.4) is 0 Å². The molecular weight excluding hydrogens is 220 g/mol. The summed E-state index contributed by atoms with van der Waals surface area (Å²) in [6, 6.07) is 5.23. The van der Waals surface area contributed by atoms with Crippen LogP contribution in [0.15, 0.2) is 24.3 Å². The van der Waals surface area contributed by atoms with Gasteiger partial charge >= 0.3 is 0 Å². The Bertz CT molecular complexity index is 389. The van der Waals surface area contributed by atoms with Crippen LogP contribution in [0.5, 0.6) is 5.75 Å². The summed E-state index contributed by atoms with van der Waals surface area (Å²) in [6.07, 6.45) is 1.00. The van der Waals surface area contributed by atoms with Crippen molar-refractivity contribution in [2.24, 2.45) is 5.73 Å². The van der Waals surface area contributed by atoms with Crippen LogP contribution in [0.4, 0.5) is 0 Å². The Hall–Kier alpha value is -1.88. The summed E-state index contributed by atoms with van der Waals surface area (Å²) < 4.78 is 0. The number of phenolic OH excluding ortho intramolecular Hbond substituents is 1. The number of carbonyl (C=O) groups is 2. The monoisotopic (exact) mass is 236 g/mol. The fraction of sp³-hybridized carbons (Fsp3) is 0.333. The highest BCUT2D eigenvalue weighted by Gasteiger charge is 2.15. The zero-order chi connectivity index (χ0) is 12.8. The van der Waals surface area contributed by atoms with Crippen LogP contribution in [-0.2, 0) is 16.0 Å². The van der Waals surface area contributed by atoms with Gasteiger partial charge in [-0.3, -0.25) is 4.79 Å². The van der Waals surface area contributed by atoms with Crippen molar-refractivity contribution in [3.63, 3.8) is 0 Å². The van der Waals surface area contributed by atoms with Crippen molar-refractivity contribution in [2.75, 3.05) is 0 Å². The summed E-state index contributed by atoms with van der Waals surface area (Å²) in [7, 11) is 0. The maximum absolute atomic E-state index is 11.5. The van der Waals surface area contributed by atoms with E-state index < -0.39 is 12.1 Å². The molecule has 0 aliphatic heterocycles. The van der Waals surface area contributed by atoms with Gasteiger partial charge in [-0.05, 0) is 31.0 Å². The molecule has 0 saturated carbocycles. The van der Waals surface area contributed by atoms with Crippen molar-refractivity contribution >= 4 is 12.2 Å². The molecule has 0 aliphatic rings. The lowest BCUT2D eigenvalue weighted by Gasteiger charge is -2.13. The van der Waals surface area contributed by atoms with E-state index in [0.29, 0.717) is 12.7 Å². The zero-order valence-electron chi connectivity index (χ0n) is 9.59. The third-order valence-electron chi connectivity index (χ3n) is 2.30. The molecule has 5 heteroatoms. The molecule has 0 saturated heterocycles. The minimum Gasteiger partial charge on any atom is -0.508 e. The second-order valence-electron chi connectivity index (χ2n) is 3.91. The van der Waals surface area contributed by atoms with E-state index in [4.69, 9.17) is 10.8 Å². The number of aromatic hydroxyl groups is 1.